The summed E-state index contributed by atoms with van der Waals surface area (Å²) in [6.45, 7) is -0.390. The van der Waals surface area contributed by atoms with Gasteiger partial charge in [-0.15, -0.1) is 0 Å². The van der Waals surface area contributed by atoms with Gasteiger partial charge in [-0.25, -0.2) is 8.42 Å². The van der Waals surface area contributed by atoms with Gasteiger partial charge in [-0.1, -0.05) is 30.3 Å². The van der Waals surface area contributed by atoms with Gasteiger partial charge in [0.1, 0.15) is 5.75 Å². The quantitative estimate of drug-likeness (QED) is 0.409. The molecule has 0 spiro atoms. The molecule has 196 valence electrons. The maximum Gasteiger partial charge on any atom is 0.430 e. The lowest BCUT2D eigenvalue weighted by atomic mass is 9.92. The third-order valence-corrected chi connectivity index (χ3v) is 7.17. The van der Waals surface area contributed by atoms with Crippen molar-refractivity contribution in [2.75, 3.05) is 11.4 Å². The van der Waals surface area contributed by atoms with E-state index in [1.165, 1.54) is 37.4 Å². The van der Waals surface area contributed by atoms with Crippen LogP contribution in [0.1, 0.15) is 16.7 Å². The predicted molar refractivity (Wildman–Crippen MR) is 120 cm³/mol. The van der Waals surface area contributed by atoms with Crippen LogP contribution in [-0.2, 0) is 22.2 Å². The Labute approximate surface area is 208 Å². The minimum Gasteiger partial charge on any atom is -0.497 e. The highest BCUT2D eigenvalue weighted by Gasteiger charge is 2.71. The van der Waals surface area contributed by atoms with Crippen LogP contribution in [-0.4, -0.2) is 33.0 Å². The van der Waals surface area contributed by atoms with Crippen molar-refractivity contribution < 1.29 is 44.6 Å². The number of benzene rings is 3. The van der Waals surface area contributed by atoms with E-state index in [1.54, 1.807) is 18.2 Å². The molecule has 0 unspecified atom stereocenters. The molecule has 0 aliphatic carbocycles. The smallest absolute Gasteiger partial charge is 0.430 e. The van der Waals surface area contributed by atoms with Crippen molar-refractivity contribution in [1.29, 1.82) is 5.26 Å². The Morgan fingerprint density at radius 3 is 2.05 bits per heavy atom. The fraction of sp³-hybridized carbons (Fsp3) is 0.208. The molecule has 6 nitrogen and oxygen atoms in total. The molecular weight excluding hydrogens is 526 g/mol. The first-order valence-electron chi connectivity index (χ1n) is 10.3. The Morgan fingerprint density at radius 2 is 1.51 bits per heavy atom. The number of nitrogens with zero attached hydrogens (tertiary/aromatic N) is 2. The normalized spacial score (nSPS) is 12.6. The van der Waals surface area contributed by atoms with Gasteiger partial charge in [0.05, 0.1) is 35.9 Å². The highest BCUT2D eigenvalue weighted by atomic mass is 32.2. The van der Waals surface area contributed by atoms with Crippen LogP contribution in [0.5, 0.6) is 5.75 Å². The van der Waals surface area contributed by atoms with Crippen LogP contribution in [0.4, 0.5) is 32.0 Å². The highest BCUT2D eigenvalue weighted by molar-refractivity contribution is 7.92. The number of ether oxygens (including phenoxy) is 1. The van der Waals surface area contributed by atoms with Gasteiger partial charge in [0.15, 0.2) is 0 Å². The van der Waals surface area contributed by atoms with Gasteiger partial charge in [-0.2, -0.15) is 31.6 Å². The Kier molecular flexibility index (Phi) is 7.48. The average Bonchev–Trinajstić information content (AvgIpc) is 2.85. The molecule has 0 aromatic heterocycles. The molecule has 0 atom stereocenters. The Hall–Kier alpha value is -3.76. The minimum atomic E-state index is -6.10. The lowest BCUT2D eigenvalue weighted by molar-refractivity contribution is -0.376. The summed E-state index contributed by atoms with van der Waals surface area (Å²) in [6.07, 6.45) is -12.2. The van der Waals surface area contributed by atoms with Crippen LogP contribution < -0.4 is 9.04 Å². The molecule has 0 saturated carbocycles. The largest absolute Gasteiger partial charge is 0.497 e. The zero-order valence-corrected chi connectivity index (χ0v) is 19.7. The van der Waals surface area contributed by atoms with Gasteiger partial charge in [-0.3, -0.25) is 4.31 Å². The molecule has 0 heterocycles. The molecule has 0 aliphatic rings. The standard InChI is InChI=1S/C24H18F6N2O4S/c1-36-20-6-2-5-17(12-20)15-32(37(34,35)21-7-3-4-16(13-21)14-31)19-10-8-18(9-11-19)22(33,23(25,26)27)24(28,29)30/h2-13,33H,15H2,1H3. The number of rotatable bonds is 7. The fourth-order valence-electron chi connectivity index (χ4n) is 3.46. The van der Waals surface area contributed by atoms with Crippen LogP contribution in [0.3, 0.4) is 0 Å². The van der Waals surface area contributed by atoms with Crippen molar-refractivity contribution in [3.63, 3.8) is 0 Å². The molecule has 0 bridgehead atoms. The second-order valence-corrected chi connectivity index (χ2v) is 9.62. The number of hydrogen-bond donors (Lipinski definition) is 1. The van der Waals surface area contributed by atoms with Gasteiger partial charge < -0.3 is 9.84 Å². The molecule has 3 rings (SSSR count). The van der Waals surface area contributed by atoms with Crippen LogP contribution in [0, 0.1) is 11.3 Å². The Morgan fingerprint density at radius 1 is 0.919 bits per heavy atom. The van der Waals surface area contributed by atoms with E-state index >= 15 is 0 Å². The minimum absolute atomic E-state index is 0.0122. The summed E-state index contributed by atoms with van der Waals surface area (Å²) in [5.74, 6) is 0.372. The van der Waals surface area contributed by atoms with Crippen molar-refractivity contribution in [2.24, 2.45) is 0 Å². The third kappa shape index (κ3) is 5.35. The van der Waals surface area contributed by atoms with Gasteiger partial charge in [0.25, 0.3) is 15.6 Å². The zero-order chi connectivity index (χ0) is 27.6. The molecule has 3 aromatic carbocycles. The van der Waals surface area contributed by atoms with Crippen molar-refractivity contribution in [1.82, 2.24) is 0 Å². The first kappa shape index (κ1) is 27.8. The number of halogens is 6. The summed E-state index contributed by atoms with van der Waals surface area (Å²) in [4.78, 5) is -0.333. The maximum absolute atomic E-state index is 13.5. The SMILES string of the molecule is COc1cccc(CN(c2ccc(C(O)(C(F)(F)F)C(F)(F)F)cc2)S(=O)(=O)c2cccc(C#N)c2)c1. The monoisotopic (exact) mass is 544 g/mol. The molecule has 0 saturated heterocycles. The van der Waals surface area contributed by atoms with Gasteiger partial charge >= 0.3 is 12.4 Å². The van der Waals surface area contributed by atoms with Crippen LogP contribution in [0.2, 0.25) is 0 Å². The number of nitriles is 1. The fourth-order valence-corrected chi connectivity index (χ4v) is 4.96. The molecule has 37 heavy (non-hydrogen) atoms. The summed E-state index contributed by atoms with van der Waals surface area (Å²) >= 11 is 0. The second-order valence-electron chi connectivity index (χ2n) is 7.76. The molecular formula is C24H18F6N2O4S. The van der Waals surface area contributed by atoms with Crippen molar-refractivity contribution in [3.05, 3.63) is 89.5 Å². The number of hydrogen-bond acceptors (Lipinski definition) is 5. The van der Waals surface area contributed by atoms with Crippen LogP contribution in [0.25, 0.3) is 0 Å². The predicted octanol–water partition coefficient (Wildman–Crippen LogP) is 5.27. The van der Waals surface area contributed by atoms with E-state index in [0.717, 1.165) is 22.5 Å². The number of anilines is 1. The van der Waals surface area contributed by atoms with Crippen LogP contribution in [0.15, 0.2) is 77.7 Å². The first-order valence-corrected chi connectivity index (χ1v) is 11.7. The van der Waals surface area contributed by atoms with Crippen molar-refractivity contribution >= 4 is 15.7 Å². The Bertz CT molecular complexity index is 1400. The average molecular weight is 544 g/mol. The molecule has 0 fully saturated rings. The number of alkyl halides is 6. The van der Waals surface area contributed by atoms with Gasteiger partial charge in [0.2, 0.25) is 0 Å². The van der Waals surface area contributed by atoms with E-state index < -0.39 is 40.1 Å². The molecule has 0 aliphatic heterocycles. The summed E-state index contributed by atoms with van der Waals surface area (Å²) in [5.41, 5.74) is -6.61. The molecule has 0 radical (unpaired) electrons. The number of methoxy groups -OCH3 is 1. The van der Waals surface area contributed by atoms with E-state index in [4.69, 9.17) is 10.00 Å². The Balaban J connectivity index is 2.16. The van der Waals surface area contributed by atoms with Crippen molar-refractivity contribution in [2.45, 2.75) is 29.4 Å². The maximum atomic E-state index is 13.5. The van der Waals surface area contributed by atoms with Crippen molar-refractivity contribution in [3.8, 4) is 11.8 Å². The summed E-state index contributed by atoms with van der Waals surface area (Å²) in [6, 6.07) is 15.1. The lowest BCUT2D eigenvalue weighted by Crippen LogP contribution is -2.53. The number of aliphatic hydroxyl groups is 1. The van der Waals surface area contributed by atoms with E-state index in [1.807, 2.05) is 0 Å². The van der Waals surface area contributed by atoms with E-state index in [9.17, 15) is 39.9 Å². The lowest BCUT2D eigenvalue weighted by Gasteiger charge is -2.33. The highest BCUT2D eigenvalue weighted by Crippen LogP contribution is 2.50. The van der Waals surface area contributed by atoms with E-state index in [-0.39, 0.29) is 16.1 Å². The third-order valence-electron chi connectivity index (χ3n) is 5.41. The summed E-state index contributed by atoms with van der Waals surface area (Å²) in [7, 11) is -3.10. The zero-order valence-electron chi connectivity index (χ0n) is 18.9. The van der Waals surface area contributed by atoms with Gasteiger partial charge in [-0.05, 0) is 48.0 Å². The number of sulfonamides is 1. The topological polar surface area (TPSA) is 90.6 Å². The van der Waals surface area contributed by atoms with Gasteiger partial charge in [0, 0.05) is 5.56 Å². The van der Waals surface area contributed by atoms with E-state index in [0.29, 0.717) is 23.4 Å². The second kappa shape index (κ2) is 9.95. The van der Waals surface area contributed by atoms with Crippen LogP contribution >= 0.6 is 0 Å². The molecule has 13 heteroatoms. The summed E-state index contributed by atoms with van der Waals surface area (Å²) in [5, 5.41) is 18.8. The molecule has 1 N–H and O–H groups in total. The summed E-state index contributed by atoms with van der Waals surface area (Å²) < 4.78 is 113. The van der Waals surface area contributed by atoms with E-state index in [2.05, 4.69) is 0 Å². The molecule has 0 amide bonds. The molecule has 3 aromatic rings. The first-order chi connectivity index (χ1) is 17.1.